The number of amides is 1. The van der Waals surface area contributed by atoms with E-state index in [1.165, 1.54) is 6.07 Å². The Labute approximate surface area is 131 Å². The maximum atomic E-state index is 12.0. The van der Waals surface area contributed by atoms with E-state index in [2.05, 4.69) is 15.4 Å². The fourth-order valence-corrected chi connectivity index (χ4v) is 2.36. The summed E-state index contributed by atoms with van der Waals surface area (Å²) in [4.78, 5) is 12.0. The van der Waals surface area contributed by atoms with Gasteiger partial charge in [0.25, 0.3) is 5.91 Å². The topological polar surface area (TPSA) is 96.5 Å². The number of aryl methyl sites for hydroxylation is 1. The van der Waals surface area contributed by atoms with E-state index in [1.54, 1.807) is 26.2 Å². The van der Waals surface area contributed by atoms with E-state index in [1.807, 2.05) is 0 Å². The summed E-state index contributed by atoms with van der Waals surface area (Å²) in [5.41, 5.74) is 1.57. The Morgan fingerprint density at radius 1 is 1.23 bits per heavy atom. The Morgan fingerprint density at radius 3 is 2.59 bits per heavy atom. The number of anilines is 1. The molecule has 124 valence electrons. The highest BCUT2D eigenvalue weighted by atomic mass is 32.2. The molecule has 0 aliphatic heterocycles. The number of carbonyl (C=O) groups excluding carboxylic acids is 1. The third kappa shape index (κ3) is 6.88. The monoisotopic (exact) mass is 329 g/mol. The fourth-order valence-electron chi connectivity index (χ4n) is 1.74. The first-order valence-corrected chi connectivity index (χ1v) is 8.79. The number of hydrogen-bond donors (Lipinski definition) is 3. The van der Waals surface area contributed by atoms with Crippen LogP contribution in [0.1, 0.15) is 15.9 Å². The molecule has 7 nitrogen and oxygen atoms in total. The average Bonchev–Trinajstić information content (AvgIpc) is 2.43. The van der Waals surface area contributed by atoms with Crippen molar-refractivity contribution in [2.75, 3.05) is 44.3 Å². The summed E-state index contributed by atoms with van der Waals surface area (Å²) in [6, 6.07) is 4.90. The Balaban J connectivity index is 2.57. The van der Waals surface area contributed by atoms with Gasteiger partial charge in [-0.25, -0.2) is 8.42 Å². The molecule has 0 aliphatic carbocycles. The first kappa shape index (κ1) is 18.4. The highest BCUT2D eigenvalue weighted by Crippen LogP contribution is 2.17. The van der Waals surface area contributed by atoms with E-state index in [4.69, 9.17) is 4.74 Å². The van der Waals surface area contributed by atoms with E-state index >= 15 is 0 Å². The zero-order chi connectivity index (χ0) is 16.6. The number of rotatable bonds is 9. The molecule has 0 spiro atoms. The number of sulfonamides is 1. The quantitative estimate of drug-likeness (QED) is 0.568. The molecule has 3 N–H and O–H groups in total. The van der Waals surface area contributed by atoms with Crippen LogP contribution in [-0.4, -0.2) is 53.9 Å². The minimum atomic E-state index is -3.38. The zero-order valence-electron chi connectivity index (χ0n) is 13.1. The Kier molecular flexibility index (Phi) is 7.30. The van der Waals surface area contributed by atoms with Crippen LogP contribution in [0.25, 0.3) is 0 Å². The second-order valence-electron chi connectivity index (χ2n) is 4.90. The van der Waals surface area contributed by atoms with E-state index < -0.39 is 10.0 Å². The van der Waals surface area contributed by atoms with Gasteiger partial charge in [-0.3, -0.25) is 9.52 Å². The largest absolute Gasteiger partial charge is 0.383 e. The molecule has 22 heavy (non-hydrogen) atoms. The van der Waals surface area contributed by atoms with Gasteiger partial charge in [0.2, 0.25) is 10.0 Å². The number of ether oxygens (including phenoxy) is 1. The summed E-state index contributed by atoms with van der Waals surface area (Å²) in [6.45, 7) is 4.22. The standard InChI is InChI=1S/C14H23N3O4S/c1-11-4-5-12(10-13(11)17-22(3,19)20)14(18)16-7-6-15-8-9-21-2/h4-5,10,15,17H,6-9H2,1-3H3,(H,16,18). The number of benzene rings is 1. The smallest absolute Gasteiger partial charge is 0.251 e. The van der Waals surface area contributed by atoms with Crippen molar-refractivity contribution in [2.45, 2.75) is 6.92 Å². The minimum absolute atomic E-state index is 0.245. The van der Waals surface area contributed by atoms with Crippen LogP contribution >= 0.6 is 0 Å². The molecule has 0 radical (unpaired) electrons. The predicted octanol–water partition coefficient (Wildman–Crippen LogP) is 0.332. The third-order valence-corrected chi connectivity index (χ3v) is 3.46. The lowest BCUT2D eigenvalue weighted by molar-refractivity contribution is 0.0953. The summed E-state index contributed by atoms with van der Waals surface area (Å²) < 4.78 is 29.9. The summed E-state index contributed by atoms with van der Waals surface area (Å²) in [6.07, 6.45) is 1.07. The molecule has 0 saturated heterocycles. The maximum absolute atomic E-state index is 12.0. The van der Waals surface area contributed by atoms with Crippen molar-refractivity contribution in [3.63, 3.8) is 0 Å². The van der Waals surface area contributed by atoms with Crippen molar-refractivity contribution in [2.24, 2.45) is 0 Å². The highest BCUT2D eigenvalue weighted by Gasteiger charge is 2.10. The van der Waals surface area contributed by atoms with Crippen LogP contribution in [0.3, 0.4) is 0 Å². The van der Waals surface area contributed by atoms with Crippen LogP contribution in [0.2, 0.25) is 0 Å². The molecule has 1 aromatic carbocycles. The molecule has 8 heteroatoms. The van der Waals surface area contributed by atoms with Gasteiger partial charge in [0.15, 0.2) is 0 Å². The molecule has 0 bridgehead atoms. The van der Waals surface area contributed by atoms with Gasteiger partial charge in [-0.15, -0.1) is 0 Å². The zero-order valence-corrected chi connectivity index (χ0v) is 13.9. The lowest BCUT2D eigenvalue weighted by Crippen LogP contribution is -2.33. The van der Waals surface area contributed by atoms with Crippen LogP contribution in [0, 0.1) is 6.92 Å². The molecule has 0 fully saturated rings. The first-order chi connectivity index (χ1) is 10.3. The molecular formula is C14H23N3O4S. The molecule has 0 heterocycles. The number of hydrogen-bond acceptors (Lipinski definition) is 5. The number of carbonyl (C=O) groups is 1. The first-order valence-electron chi connectivity index (χ1n) is 6.90. The summed E-state index contributed by atoms with van der Waals surface area (Å²) in [7, 11) is -1.75. The molecule has 0 aromatic heterocycles. The van der Waals surface area contributed by atoms with Crippen LogP contribution in [-0.2, 0) is 14.8 Å². The second kappa shape index (κ2) is 8.72. The number of nitrogens with one attached hydrogen (secondary N) is 3. The van der Waals surface area contributed by atoms with Crippen molar-refractivity contribution in [1.29, 1.82) is 0 Å². The summed E-state index contributed by atoms with van der Waals surface area (Å²) in [5, 5.41) is 5.88. The SMILES string of the molecule is COCCNCCNC(=O)c1ccc(C)c(NS(C)(=O)=O)c1. The molecule has 0 saturated carbocycles. The van der Waals surface area contributed by atoms with Crippen LogP contribution < -0.4 is 15.4 Å². The van der Waals surface area contributed by atoms with Crippen molar-refractivity contribution in [3.05, 3.63) is 29.3 Å². The van der Waals surface area contributed by atoms with E-state index in [9.17, 15) is 13.2 Å². The summed E-state index contributed by atoms with van der Waals surface area (Å²) >= 11 is 0. The molecule has 1 aromatic rings. The molecule has 0 unspecified atom stereocenters. The molecule has 0 aliphatic rings. The lowest BCUT2D eigenvalue weighted by Gasteiger charge is -2.11. The number of methoxy groups -OCH3 is 1. The van der Waals surface area contributed by atoms with Gasteiger partial charge in [-0.2, -0.15) is 0 Å². The predicted molar refractivity (Wildman–Crippen MR) is 86.7 cm³/mol. The van der Waals surface area contributed by atoms with Crippen molar-refractivity contribution in [1.82, 2.24) is 10.6 Å². The van der Waals surface area contributed by atoms with E-state index in [0.717, 1.165) is 18.4 Å². The Morgan fingerprint density at radius 2 is 1.95 bits per heavy atom. The van der Waals surface area contributed by atoms with Gasteiger partial charge in [0.1, 0.15) is 0 Å². The fraction of sp³-hybridized carbons (Fsp3) is 0.500. The molecular weight excluding hydrogens is 306 g/mol. The van der Waals surface area contributed by atoms with Gasteiger partial charge in [0.05, 0.1) is 18.6 Å². The van der Waals surface area contributed by atoms with Gasteiger partial charge < -0.3 is 15.4 Å². The lowest BCUT2D eigenvalue weighted by atomic mass is 10.1. The van der Waals surface area contributed by atoms with E-state index in [-0.39, 0.29) is 5.91 Å². The molecule has 1 amide bonds. The van der Waals surface area contributed by atoms with Crippen LogP contribution in [0.5, 0.6) is 0 Å². The Hall–Kier alpha value is -1.64. The van der Waals surface area contributed by atoms with Gasteiger partial charge in [0, 0.05) is 32.3 Å². The van der Waals surface area contributed by atoms with Crippen LogP contribution in [0.4, 0.5) is 5.69 Å². The molecule has 1 rings (SSSR count). The normalized spacial score (nSPS) is 11.2. The second-order valence-corrected chi connectivity index (χ2v) is 6.65. The van der Waals surface area contributed by atoms with Gasteiger partial charge >= 0.3 is 0 Å². The van der Waals surface area contributed by atoms with Gasteiger partial charge in [-0.05, 0) is 24.6 Å². The van der Waals surface area contributed by atoms with Gasteiger partial charge in [-0.1, -0.05) is 6.07 Å². The highest BCUT2D eigenvalue weighted by molar-refractivity contribution is 7.92. The minimum Gasteiger partial charge on any atom is -0.383 e. The maximum Gasteiger partial charge on any atom is 0.251 e. The van der Waals surface area contributed by atoms with Crippen molar-refractivity contribution < 1.29 is 17.9 Å². The average molecular weight is 329 g/mol. The van der Waals surface area contributed by atoms with Crippen LogP contribution in [0.15, 0.2) is 18.2 Å². The summed E-state index contributed by atoms with van der Waals surface area (Å²) in [5.74, 6) is -0.245. The third-order valence-electron chi connectivity index (χ3n) is 2.87. The van der Waals surface area contributed by atoms with Crippen molar-refractivity contribution >= 4 is 21.6 Å². The van der Waals surface area contributed by atoms with Crippen molar-refractivity contribution in [3.8, 4) is 0 Å². The Bertz CT molecular complexity index is 602. The van der Waals surface area contributed by atoms with E-state index in [0.29, 0.717) is 30.9 Å². The molecule has 0 atom stereocenters.